The van der Waals surface area contributed by atoms with Crippen molar-refractivity contribution < 1.29 is 24.1 Å². The van der Waals surface area contributed by atoms with Crippen molar-refractivity contribution in [2.45, 2.75) is 6.92 Å². The summed E-state index contributed by atoms with van der Waals surface area (Å²) >= 11 is 0. The highest BCUT2D eigenvalue weighted by atomic mass is 16.5. The van der Waals surface area contributed by atoms with Gasteiger partial charge in [0.1, 0.15) is 22.8 Å². The van der Waals surface area contributed by atoms with Crippen molar-refractivity contribution >= 4 is 23.6 Å². The van der Waals surface area contributed by atoms with Gasteiger partial charge in [0.25, 0.3) is 0 Å². The highest BCUT2D eigenvalue weighted by Gasteiger charge is 2.19. The predicted octanol–water partition coefficient (Wildman–Crippen LogP) is 3.86. The number of ether oxygens (including phenoxy) is 3. The summed E-state index contributed by atoms with van der Waals surface area (Å²) in [5, 5.41) is 10.6. The SMILES string of the molecule is COC(=O)/C(C=Nc1ccc(C)cc1)=C(\O)c1ccc(OC)cc1OC. The summed E-state index contributed by atoms with van der Waals surface area (Å²) in [7, 11) is 4.22. The van der Waals surface area contributed by atoms with Gasteiger partial charge in [-0.25, -0.2) is 4.79 Å². The van der Waals surface area contributed by atoms with Gasteiger partial charge in [0.15, 0.2) is 0 Å². The molecule has 0 aromatic heterocycles. The van der Waals surface area contributed by atoms with Crippen LogP contribution in [0.4, 0.5) is 5.69 Å². The van der Waals surface area contributed by atoms with Crippen LogP contribution in [0.2, 0.25) is 0 Å². The van der Waals surface area contributed by atoms with Gasteiger partial charge in [0.2, 0.25) is 0 Å². The van der Waals surface area contributed by atoms with Crippen LogP contribution in [0.5, 0.6) is 11.5 Å². The number of rotatable bonds is 6. The summed E-state index contributed by atoms with van der Waals surface area (Å²) < 4.78 is 15.2. The van der Waals surface area contributed by atoms with Crippen LogP contribution < -0.4 is 9.47 Å². The van der Waals surface area contributed by atoms with Gasteiger partial charge in [-0.2, -0.15) is 0 Å². The van der Waals surface area contributed by atoms with Crippen LogP contribution in [0.1, 0.15) is 11.1 Å². The van der Waals surface area contributed by atoms with E-state index in [2.05, 4.69) is 4.99 Å². The van der Waals surface area contributed by atoms with Crippen molar-refractivity contribution in [3.05, 3.63) is 59.2 Å². The van der Waals surface area contributed by atoms with Gasteiger partial charge >= 0.3 is 5.97 Å². The normalized spacial score (nSPS) is 11.8. The largest absolute Gasteiger partial charge is 0.506 e. The number of esters is 1. The maximum absolute atomic E-state index is 12.1. The van der Waals surface area contributed by atoms with Gasteiger partial charge in [0.05, 0.1) is 32.6 Å². The Morgan fingerprint density at radius 1 is 1.04 bits per heavy atom. The van der Waals surface area contributed by atoms with Crippen LogP contribution in [0.3, 0.4) is 0 Å². The van der Waals surface area contributed by atoms with E-state index in [1.54, 1.807) is 18.2 Å². The second-order valence-corrected chi connectivity index (χ2v) is 5.41. The monoisotopic (exact) mass is 355 g/mol. The topological polar surface area (TPSA) is 77.4 Å². The number of aliphatic hydroxyl groups excluding tert-OH is 1. The molecule has 0 spiro atoms. The molecule has 0 heterocycles. The molecule has 0 fully saturated rings. The quantitative estimate of drug-likeness (QED) is 0.368. The maximum atomic E-state index is 12.1. The fourth-order valence-electron chi connectivity index (χ4n) is 2.23. The Balaban J connectivity index is 2.50. The summed E-state index contributed by atoms with van der Waals surface area (Å²) in [5.41, 5.74) is 1.98. The second kappa shape index (κ2) is 8.71. The third-order valence-corrected chi connectivity index (χ3v) is 3.70. The molecule has 2 aromatic carbocycles. The van der Waals surface area contributed by atoms with Gasteiger partial charge in [-0.15, -0.1) is 0 Å². The lowest BCUT2D eigenvalue weighted by Crippen LogP contribution is -2.09. The van der Waals surface area contributed by atoms with E-state index < -0.39 is 5.97 Å². The summed E-state index contributed by atoms with van der Waals surface area (Å²) in [6.07, 6.45) is 1.27. The molecule has 6 nitrogen and oxygen atoms in total. The van der Waals surface area contributed by atoms with E-state index >= 15 is 0 Å². The highest BCUT2D eigenvalue weighted by molar-refractivity contribution is 6.15. The summed E-state index contributed by atoms with van der Waals surface area (Å²) in [6, 6.07) is 12.3. The first-order valence-electron chi connectivity index (χ1n) is 7.84. The van der Waals surface area contributed by atoms with E-state index in [9.17, 15) is 9.90 Å². The molecule has 0 aliphatic carbocycles. The molecule has 0 unspecified atom stereocenters. The molecule has 0 bridgehead atoms. The Morgan fingerprint density at radius 3 is 2.31 bits per heavy atom. The molecule has 0 atom stereocenters. The molecule has 1 N–H and O–H groups in total. The fraction of sp³-hybridized carbons (Fsp3) is 0.200. The van der Waals surface area contributed by atoms with E-state index in [-0.39, 0.29) is 11.3 Å². The number of aliphatic hydroxyl groups is 1. The van der Waals surface area contributed by atoms with E-state index in [0.29, 0.717) is 22.7 Å². The molecule has 0 saturated heterocycles. The average Bonchev–Trinajstić information content (AvgIpc) is 2.68. The molecule has 2 aromatic rings. The molecular weight excluding hydrogens is 334 g/mol. The van der Waals surface area contributed by atoms with Crippen molar-refractivity contribution in [3.8, 4) is 11.5 Å². The van der Waals surface area contributed by atoms with E-state index in [1.807, 2.05) is 31.2 Å². The third-order valence-electron chi connectivity index (χ3n) is 3.70. The number of aryl methyl sites for hydroxylation is 1. The molecule has 136 valence electrons. The lowest BCUT2D eigenvalue weighted by atomic mass is 10.1. The van der Waals surface area contributed by atoms with Gasteiger partial charge in [-0.3, -0.25) is 4.99 Å². The van der Waals surface area contributed by atoms with Gasteiger partial charge in [-0.1, -0.05) is 17.7 Å². The molecule has 0 radical (unpaired) electrons. The van der Waals surface area contributed by atoms with Crippen LogP contribution in [0.25, 0.3) is 5.76 Å². The fourth-order valence-corrected chi connectivity index (χ4v) is 2.23. The van der Waals surface area contributed by atoms with Crippen LogP contribution in [-0.4, -0.2) is 38.6 Å². The van der Waals surface area contributed by atoms with E-state index in [4.69, 9.17) is 14.2 Å². The number of carbonyl (C=O) groups is 1. The van der Waals surface area contributed by atoms with Gasteiger partial charge in [-0.05, 0) is 31.2 Å². The molecule has 26 heavy (non-hydrogen) atoms. The Morgan fingerprint density at radius 2 is 1.73 bits per heavy atom. The first kappa shape index (κ1) is 19.1. The highest BCUT2D eigenvalue weighted by Crippen LogP contribution is 2.30. The van der Waals surface area contributed by atoms with Crippen molar-refractivity contribution in [2.24, 2.45) is 4.99 Å². The predicted molar refractivity (Wildman–Crippen MR) is 100 cm³/mol. The van der Waals surface area contributed by atoms with Crippen molar-refractivity contribution in [3.63, 3.8) is 0 Å². The number of benzene rings is 2. The Hall–Kier alpha value is -3.28. The van der Waals surface area contributed by atoms with Crippen LogP contribution in [0.15, 0.2) is 53.0 Å². The smallest absolute Gasteiger partial charge is 0.343 e. The van der Waals surface area contributed by atoms with E-state index in [1.165, 1.54) is 27.5 Å². The number of aliphatic imine (C=N–C) groups is 1. The minimum Gasteiger partial charge on any atom is -0.506 e. The third kappa shape index (κ3) is 4.42. The number of hydrogen-bond acceptors (Lipinski definition) is 6. The standard InChI is InChI=1S/C20H21NO5/c1-13-5-7-14(8-6-13)21-12-17(20(23)26-4)19(22)16-10-9-15(24-2)11-18(16)25-3/h5-12,22H,1-4H3/b19-17-,21-12?. The molecule has 0 amide bonds. The first-order chi connectivity index (χ1) is 12.5. The number of methoxy groups -OCH3 is 3. The maximum Gasteiger partial charge on any atom is 0.343 e. The zero-order chi connectivity index (χ0) is 19.1. The van der Waals surface area contributed by atoms with Gasteiger partial charge < -0.3 is 19.3 Å². The molecule has 0 aliphatic heterocycles. The molecule has 0 aliphatic rings. The minimum atomic E-state index is -0.712. The zero-order valence-corrected chi connectivity index (χ0v) is 15.1. The van der Waals surface area contributed by atoms with Crippen molar-refractivity contribution in [1.29, 1.82) is 0 Å². The van der Waals surface area contributed by atoms with Crippen LogP contribution >= 0.6 is 0 Å². The van der Waals surface area contributed by atoms with Crippen molar-refractivity contribution in [1.82, 2.24) is 0 Å². The van der Waals surface area contributed by atoms with Gasteiger partial charge in [0, 0.05) is 12.3 Å². The lowest BCUT2D eigenvalue weighted by molar-refractivity contribution is -0.135. The average molecular weight is 355 g/mol. The Bertz CT molecular complexity index is 838. The number of nitrogens with zero attached hydrogens (tertiary/aromatic N) is 1. The first-order valence-corrected chi connectivity index (χ1v) is 7.84. The number of carbonyl (C=O) groups excluding carboxylic acids is 1. The molecule has 2 rings (SSSR count). The summed E-state index contributed by atoms with van der Waals surface area (Å²) in [4.78, 5) is 16.4. The summed E-state index contributed by atoms with van der Waals surface area (Å²) in [5.74, 6) is -0.0956. The van der Waals surface area contributed by atoms with Crippen LogP contribution in [0, 0.1) is 6.92 Å². The second-order valence-electron chi connectivity index (χ2n) is 5.41. The number of hydrogen-bond donors (Lipinski definition) is 1. The molecule has 6 heteroatoms. The minimum absolute atomic E-state index is 0.0865. The summed E-state index contributed by atoms with van der Waals surface area (Å²) in [6.45, 7) is 1.97. The van der Waals surface area contributed by atoms with Crippen molar-refractivity contribution in [2.75, 3.05) is 21.3 Å². The van der Waals surface area contributed by atoms with Crippen LogP contribution in [-0.2, 0) is 9.53 Å². The zero-order valence-electron chi connectivity index (χ0n) is 15.1. The van der Waals surface area contributed by atoms with E-state index in [0.717, 1.165) is 5.56 Å². The molecular formula is C20H21NO5. The lowest BCUT2D eigenvalue weighted by Gasteiger charge is -2.11. The Labute approximate surface area is 152 Å². The molecule has 0 saturated carbocycles. The Kier molecular flexibility index (Phi) is 6.38.